The Bertz CT molecular complexity index is 1510. The van der Waals surface area contributed by atoms with Crippen LogP contribution in [0.4, 0.5) is 0 Å². The molecule has 1 unspecified atom stereocenters. The number of nitrogens with zero attached hydrogens (tertiary/aromatic N) is 1. The van der Waals surface area contributed by atoms with E-state index in [2.05, 4.69) is 5.32 Å². The van der Waals surface area contributed by atoms with Crippen molar-refractivity contribution < 1.29 is 29.0 Å². The average molecular weight is 563 g/mol. The van der Waals surface area contributed by atoms with Gasteiger partial charge in [-0.05, 0) is 22.3 Å². The van der Waals surface area contributed by atoms with Gasteiger partial charge >= 0.3 is 0 Å². The molecular formula is C34H32N3O5+. The van der Waals surface area contributed by atoms with E-state index in [1.807, 2.05) is 121 Å². The normalized spacial score (nSPS) is 11.7. The standard InChI is InChI=1S/C34H31N3O5/c1-36-34(38)33(42-35)28-22-29(40-31(24-14-6-2-7-15-24)25-16-8-3-9-17-25)30(23-37(28)39)41-32(26-18-10-4-11-19-26)27-20-12-5-13-21-27/h2-23,31-33H,35H2,1H3,(H-,36,38,39)/p+1. The molecule has 0 fully saturated rings. The van der Waals surface area contributed by atoms with Crippen molar-refractivity contribution in [2.75, 3.05) is 7.05 Å². The first-order valence-corrected chi connectivity index (χ1v) is 13.5. The number of hydrogen-bond donors (Lipinski definition) is 3. The summed E-state index contributed by atoms with van der Waals surface area (Å²) in [5, 5.41) is 13.6. The zero-order chi connectivity index (χ0) is 29.3. The number of likely N-dealkylation sites (N-methyl/N-ethyl adjacent to an activating group) is 1. The maximum Gasteiger partial charge on any atom is 0.278 e. The Balaban J connectivity index is 1.65. The zero-order valence-corrected chi connectivity index (χ0v) is 23.0. The molecule has 0 aliphatic rings. The molecule has 42 heavy (non-hydrogen) atoms. The number of nitrogens with two attached hydrogens (primary N) is 1. The van der Waals surface area contributed by atoms with Crippen molar-refractivity contribution in [1.82, 2.24) is 5.32 Å². The van der Waals surface area contributed by atoms with E-state index < -0.39 is 24.2 Å². The first-order chi connectivity index (χ1) is 20.6. The molecule has 4 aromatic carbocycles. The Kier molecular flexibility index (Phi) is 9.08. The second-order valence-electron chi connectivity index (χ2n) is 9.54. The van der Waals surface area contributed by atoms with E-state index in [0.717, 1.165) is 27.0 Å². The van der Waals surface area contributed by atoms with Crippen LogP contribution >= 0.6 is 0 Å². The molecule has 5 rings (SSSR count). The zero-order valence-electron chi connectivity index (χ0n) is 23.0. The topological polar surface area (TPSA) is 107 Å². The molecule has 0 aliphatic carbocycles. The number of rotatable bonds is 11. The van der Waals surface area contributed by atoms with Crippen LogP contribution in [0.5, 0.6) is 11.5 Å². The van der Waals surface area contributed by atoms with Crippen molar-refractivity contribution in [2.24, 2.45) is 5.90 Å². The Morgan fingerprint density at radius 3 is 1.43 bits per heavy atom. The molecule has 8 nitrogen and oxygen atoms in total. The minimum absolute atomic E-state index is 0.0510. The van der Waals surface area contributed by atoms with Crippen LogP contribution in [0.15, 0.2) is 134 Å². The van der Waals surface area contributed by atoms with Crippen LogP contribution in [-0.2, 0) is 9.63 Å². The lowest BCUT2D eigenvalue weighted by Gasteiger charge is -2.24. The van der Waals surface area contributed by atoms with E-state index >= 15 is 0 Å². The van der Waals surface area contributed by atoms with E-state index in [9.17, 15) is 10.0 Å². The van der Waals surface area contributed by atoms with Gasteiger partial charge in [0.25, 0.3) is 17.8 Å². The van der Waals surface area contributed by atoms with Gasteiger partial charge in [0.15, 0.2) is 5.75 Å². The van der Waals surface area contributed by atoms with Crippen LogP contribution in [0, 0.1) is 0 Å². The third-order valence-corrected chi connectivity index (χ3v) is 6.81. The Morgan fingerprint density at radius 2 is 1.07 bits per heavy atom. The van der Waals surface area contributed by atoms with E-state index in [1.54, 1.807) is 0 Å². The number of hydrogen-bond acceptors (Lipinski definition) is 6. The van der Waals surface area contributed by atoms with Crippen molar-refractivity contribution in [3.05, 3.63) is 162 Å². The van der Waals surface area contributed by atoms with Gasteiger partial charge in [0, 0.05) is 11.8 Å². The molecule has 0 aliphatic heterocycles. The van der Waals surface area contributed by atoms with Gasteiger partial charge in [0.2, 0.25) is 11.9 Å². The monoisotopic (exact) mass is 562 g/mol. The summed E-state index contributed by atoms with van der Waals surface area (Å²) in [6, 6.07) is 40.6. The Hall–Kier alpha value is -5.18. The van der Waals surface area contributed by atoms with E-state index in [1.165, 1.54) is 19.3 Å². The molecule has 1 amide bonds. The number of ether oxygens (including phenoxy) is 2. The molecule has 1 aromatic heterocycles. The average Bonchev–Trinajstić information content (AvgIpc) is 3.05. The molecular weight excluding hydrogens is 530 g/mol. The van der Waals surface area contributed by atoms with Crippen LogP contribution in [0.3, 0.4) is 0 Å². The van der Waals surface area contributed by atoms with Crippen LogP contribution in [0.1, 0.15) is 46.3 Å². The fourth-order valence-corrected chi connectivity index (χ4v) is 4.72. The highest BCUT2D eigenvalue weighted by atomic mass is 16.6. The predicted octanol–water partition coefficient (Wildman–Crippen LogP) is 5.23. The molecule has 0 saturated carbocycles. The first kappa shape index (κ1) is 28.4. The third-order valence-electron chi connectivity index (χ3n) is 6.81. The molecule has 0 bridgehead atoms. The van der Waals surface area contributed by atoms with Crippen molar-refractivity contribution in [2.45, 2.75) is 18.3 Å². The predicted molar refractivity (Wildman–Crippen MR) is 157 cm³/mol. The number of amides is 1. The minimum Gasteiger partial charge on any atom is -0.477 e. The highest BCUT2D eigenvalue weighted by Crippen LogP contribution is 2.38. The fourth-order valence-electron chi connectivity index (χ4n) is 4.72. The molecule has 4 N–H and O–H groups in total. The van der Waals surface area contributed by atoms with Gasteiger partial charge in [0.05, 0.1) is 6.07 Å². The molecule has 8 heteroatoms. The van der Waals surface area contributed by atoms with Crippen molar-refractivity contribution in [1.29, 1.82) is 0 Å². The summed E-state index contributed by atoms with van der Waals surface area (Å²) < 4.78 is 14.1. The fraction of sp³-hybridized carbons (Fsp3) is 0.118. The lowest BCUT2D eigenvalue weighted by Crippen LogP contribution is -2.42. The molecule has 0 spiro atoms. The van der Waals surface area contributed by atoms with E-state index in [4.69, 9.17) is 20.2 Å². The summed E-state index contributed by atoms with van der Waals surface area (Å²) in [6.45, 7) is 0. The molecule has 212 valence electrons. The summed E-state index contributed by atoms with van der Waals surface area (Å²) >= 11 is 0. The van der Waals surface area contributed by atoms with Gasteiger partial charge in [-0.25, -0.2) is 5.90 Å². The van der Waals surface area contributed by atoms with Crippen LogP contribution in [0.2, 0.25) is 0 Å². The van der Waals surface area contributed by atoms with Gasteiger partial charge in [-0.3, -0.25) is 14.8 Å². The second-order valence-corrected chi connectivity index (χ2v) is 9.54. The Labute approximate surface area is 244 Å². The van der Waals surface area contributed by atoms with Gasteiger partial charge < -0.3 is 14.8 Å². The summed E-state index contributed by atoms with van der Waals surface area (Å²) in [4.78, 5) is 17.6. The van der Waals surface area contributed by atoms with Crippen LogP contribution < -0.4 is 25.4 Å². The molecule has 1 heterocycles. The van der Waals surface area contributed by atoms with E-state index in [-0.39, 0.29) is 17.2 Å². The number of carbonyl (C=O) groups is 1. The van der Waals surface area contributed by atoms with Crippen molar-refractivity contribution in [3.63, 3.8) is 0 Å². The number of pyridine rings is 1. The quantitative estimate of drug-likeness (QED) is 0.116. The van der Waals surface area contributed by atoms with Gasteiger partial charge in [-0.2, -0.15) is 0 Å². The lowest BCUT2D eigenvalue weighted by atomic mass is 10.0. The van der Waals surface area contributed by atoms with Crippen molar-refractivity contribution >= 4 is 5.91 Å². The highest BCUT2D eigenvalue weighted by molar-refractivity contribution is 5.81. The highest BCUT2D eigenvalue weighted by Gasteiger charge is 2.34. The maximum absolute atomic E-state index is 12.6. The molecule has 0 saturated heterocycles. The third kappa shape index (κ3) is 6.41. The van der Waals surface area contributed by atoms with Crippen LogP contribution in [0.25, 0.3) is 0 Å². The van der Waals surface area contributed by atoms with Gasteiger partial charge in [-0.1, -0.05) is 121 Å². The smallest absolute Gasteiger partial charge is 0.278 e. The molecule has 5 aromatic rings. The summed E-state index contributed by atoms with van der Waals surface area (Å²) in [5.41, 5.74) is 3.66. The summed E-state index contributed by atoms with van der Waals surface area (Å²) in [5.74, 6) is 5.46. The van der Waals surface area contributed by atoms with E-state index in [0.29, 0.717) is 0 Å². The first-order valence-electron chi connectivity index (χ1n) is 13.5. The Morgan fingerprint density at radius 1 is 0.690 bits per heavy atom. The van der Waals surface area contributed by atoms with Crippen LogP contribution in [-0.4, -0.2) is 18.2 Å². The largest absolute Gasteiger partial charge is 0.477 e. The second kappa shape index (κ2) is 13.5. The summed E-state index contributed by atoms with van der Waals surface area (Å²) in [6.07, 6.45) is -1.04. The molecule has 0 radical (unpaired) electrons. The summed E-state index contributed by atoms with van der Waals surface area (Å²) in [7, 11) is 1.45. The minimum atomic E-state index is -1.32. The lowest BCUT2D eigenvalue weighted by molar-refractivity contribution is -0.911. The maximum atomic E-state index is 12.6. The van der Waals surface area contributed by atoms with Crippen molar-refractivity contribution in [3.8, 4) is 11.5 Å². The van der Waals surface area contributed by atoms with Gasteiger partial charge in [0.1, 0.15) is 12.2 Å². The number of benzene rings is 4. The number of aromatic nitrogens is 1. The number of nitrogens with one attached hydrogen (secondary N) is 1. The van der Waals surface area contributed by atoms with Gasteiger partial charge in [-0.15, -0.1) is 0 Å². The molecule has 1 atom stereocenters. The SMILES string of the molecule is CNC(=O)C(ON)c1cc(OC(c2ccccc2)c2ccccc2)c(OC(c2ccccc2)c2ccccc2)c[n+]1O. The number of carbonyl (C=O) groups excluding carboxylic acids is 1.